The number of rotatable bonds is 19. The molecule has 0 aromatic heterocycles. The number of halogens is 3. The average molecular weight is 474 g/mol. The summed E-state index contributed by atoms with van der Waals surface area (Å²) in [6.07, 6.45) is 16.5. The highest BCUT2D eigenvalue weighted by Crippen LogP contribution is 2.26. The molecule has 0 aliphatic rings. The largest absolute Gasteiger partial charge is 0.466 e. The maximum atomic E-state index is 11.7. The molecule has 172 valence electrons. The molecule has 7 heteroatoms. The fourth-order valence-corrected chi connectivity index (χ4v) is 3.14. The van der Waals surface area contributed by atoms with E-state index in [0.29, 0.717) is 19.4 Å². The van der Waals surface area contributed by atoms with Crippen LogP contribution in [0.1, 0.15) is 110 Å². The highest BCUT2D eigenvalue weighted by molar-refractivity contribution is 6.67. The molecule has 0 heterocycles. The average Bonchev–Trinajstić information content (AvgIpc) is 2.66. The van der Waals surface area contributed by atoms with Crippen molar-refractivity contribution in [3.63, 3.8) is 0 Å². The van der Waals surface area contributed by atoms with Crippen molar-refractivity contribution in [1.82, 2.24) is 0 Å². The van der Waals surface area contributed by atoms with Gasteiger partial charge in [-0.05, 0) is 19.3 Å². The molecule has 0 spiro atoms. The van der Waals surface area contributed by atoms with Gasteiger partial charge in [0.15, 0.2) is 0 Å². The van der Waals surface area contributed by atoms with Crippen LogP contribution in [-0.2, 0) is 19.1 Å². The highest BCUT2D eigenvalue weighted by atomic mass is 35.6. The number of ether oxygens (including phenoxy) is 2. The van der Waals surface area contributed by atoms with Crippen molar-refractivity contribution in [2.45, 2.75) is 113 Å². The third kappa shape index (κ3) is 24.0. The lowest BCUT2D eigenvalue weighted by atomic mass is 10.1. The van der Waals surface area contributed by atoms with Crippen molar-refractivity contribution < 1.29 is 19.1 Å². The maximum Gasteiger partial charge on any atom is 0.305 e. The molecule has 0 amide bonds. The second kappa shape index (κ2) is 19.8. The molecule has 0 aromatic rings. The first-order valence-electron chi connectivity index (χ1n) is 11.2. The third-order valence-corrected chi connectivity index (χ3v) is 5.00. The van der Waals surface area contributed by atoms with E-state index >= 15 is 0 Å². The lowest BCUT2D eigenvalue weighted by molar-refractivity contribution is -0.144. The number of esters is 2. The fraction of sp³-hybridized carbons (Fsp3) is 0.909. The van der Waals surface area contributed by atoms with Gasteiger partial charge in [-0.15, -0.1) is 0 Å². The monoisotopic (exact) mass is 472 g/mol. The Kier molecular flexibility index (Phi) is 19.6. The number of alkyl halides is 3. The van der Waals surface area contributed by atoms with Crippen LogP contribution in [0.4, 0.5) is 0 Å². The van der Waals surface area contributed by atoms with E-state index in [9.17, 15) is 9.59 Å². The molecule has 0 N–H and O–H groups in total. The molecule has 0 atom stereocenters. The van der Waals surface area contributed by atoms with E-state index in [2.05, 4.69) is 6.92 Å². The minimum Gasteiger partial charge on any atom is -0.466 e. The van der Waals surface area contributed by atoms with Crippen LogP contribution in [0.5, 0.6) is 0 Å². The molecule has 0 saturated heterocycles. The van der Waals surface area contributed by atoms with Gasteiger partial charge in [-0.1, -0.05) is 112 Å². The quantitative estimate of drug-likeness (QED) is 0.109. The van der Waals surface area contributed by atoms with E-state index in [1.807, 2.05) is 0 Å². The van der Waals surface area contributed by atoms with Gasteiger partial charge in [0, 0.05) is 12.8 Å². The number of hydrogen-bond acceptors (Lipinski definition) is 4. The van der Waals surface area contributed by atoms with E-state index < -0.39 is 3.79 Å². The van der Waals surface area contributed by atoms with Gasteiger partial charge in [0.2, 0.25) is 3.79 Å². The van der Waals surface area contributed by atoms with Gasteiger partial charge >= 0.3 is 11.9 Å². The van der Waals surface area contributed by atoms with Crippen LogP contribution in [0.15, 0.2) is 0 Å². The van der Waals surface area contributed by atoms with Crippen molar-refractivity contribution in [3.05, 3.63) is 0 Å². The summed E-state index contributed by atoms with van der Waals surface area (Å²) >= 11 is 16.6. The normalized spacial score (nSPS) is 11.4. The summed E-state index contributed by atoms with van der Waals surface area (Å²) in [5.41, 5.74) is 0. The molecule has 0 saturated carbocycles. The Balaban J connectivity index is 3.30. The van der Waals surface area contributed by atoms with Crippen LogP contribution in [0.3, 0.4) is 0 Å². The first-order valence-corrected chi connectivity index (χ1v) is 12.4. The summed E-state index contributed by atoms with van der Waals surface area (Å²) in [4.78, 5) is 23.1. The predicted octanol–water partition coefficient (Wildman–Crippen LogP) is 7.70. The third-order valence-electron chi connectivity index (χ3n) is 4.67. The number of hydrogen-bond donors (Lipinski definition) is 0. The SMILES string of the molecule is CCCCCCCCCCOC(=O)CCCCCCCCC(=O)OCC(Cl)(Cl)Cl. The standard InChI is InChI=1S/C22H39Cl3O4/c1-2-3-4-5-6-9-12-15-18-28-20(26)16-13-10-7-8-11-14-17-21(27)29-19-22(23,24)25/h2-19H2,1H3. The summed E-state index contributed by atoms with van der Waals surface area (Å²) in [5, 5.41) is 0. The molecule has 4 nitrogen and oxygen atoms in total. The summed E-state index contributed by atoms with van der Waals surface area (Å²) in [6, 6.07) is 0. The van der Waals surface area contributed by atoms with E-state index in [1.54, 1.807) is 0 Å². The van der Waals surface area contributed by atoms with Gasteiger partial charge in [-0.2, -0.15) is 0 Å². The summed E-state index contributed by atoms with van der Waals surface area (Å²) in [6.45, 7) is 2.57. The lowest BCUT2D eigenvalue weighted by Crippen LogP contribution is -2.17. The Bertz CT molecular complexity index is 411. The van der Waals surface area contributed by atoms with E-state index in [1.165, 1.54) is 38.5 Å². The zero-order chi connectivity index (χ0) is 21.8. The molecule has 0 aliphatic carbocycles. The Labute approximate surface area is 192 Å². The molecule has 0 rings (SSSR count). The van der Waals surface area contributed by atoms with Crippen LogP contribution >= 0.6 is 34.8 Å². The van der Waals surface area contributed by atoms with Crippen LogP contribution in [0.25, 0.3) is 0 Å². The Morgan fingerprint density at radius 2 is 1.03 bits per heavy atom. The Morgan fingerprint density at radius 1 is 0.621 bits per heavy atom. The topological polar surface area (TPSA) is 52.6 Å². The van der Waals surface area contributed by atoms with Crippen molar-refractivity contribution >= 4 is 46.7 Å². The molecule has 0 aliphatic heterocycles. The molecular weight excluding hydrogens is 435 g/mol. The Morgan fingerprint density at radius 3 is 1.52 bits per heavy atom. The molecular formula is C22H39Cl3O4. The second-order valence-electron chi connectivity index (χ2n) is 7.59. The molecule has 0 bridgehead atoms. The van der Waals surface area contributed by atoms with Gasteiger partial charge in [-0.3, -0.25) is 9.59 Å². The maximum absolute atomic E-state index is 11.7. The number of carbonyl (C=O) groups excluding carboxylic acids is 2. The molecule has 0 radical (unpaired) electrons. The van der Waals surface area contributed by atoms with Crippen molar-refractivity contribution in [3.8, 4) is 0 Å². The number of carbonyl (C=O) groups is 2. The zero-order valence-corrected chi connectivity index (χ0v) is 20.3. The van der Waals surface area contributed by atoms with Crippen LogP contribution in [0, 0.1) is 0 Å². The predicted molar refractivity (Wildman–Crippen MR) is 122 cm³/mol. The van der Waals surface area contributed by atoms with Crippen molar-refractivity contribution in [2.24, 2.45) is 0 Å². The summed E-state index contributed by atoms with van der Waals surface area (Å²) in [7, 11) is 0. The van der Waals surface area contributed by atoms with Crippen molar-refractivity contribution in [1.29, 1.82) is 0 Å². The highest BCUT2D eigenvalue weighted by Gasteiger charge is 2.21. The van der Waals surface area contributed by atoms with Gasteiger partial charge in [-0.25, -0.2) is 0 Å². The molecule has 0 fully saturated rings. The van der Waals surface area contributed by atoms with Gasteiger partial charge in [0.25, 0.3) is 0 Å². The van der Waals surface area contributed by atoms with E-state index in [-0.39, 0.29) is 18.5 Å². The first kappa shape index (κ1) is 28.8. The fourth-order valence-electron chi connectivity index (χ4n) is 2.97. The minimum absolute atomic E-state index is 0.0790. The van der Waals surface area contributed by atoms with E-state index in [4.69, 9.17) is 44.3 Å². The van der Waals surface area contributed by atoms with Crippen LogP contribution in [-0.4, -0.2) is 28.9 Å². The van der Waals surface area contributed by atoms with Gasteiger partial charge in [0.1, 0.15) is 6.61 Å². The Hall–Kier alpha value is -0.190. The summed E-state index contributed by atoms with van der Waals surface area (Å²) < 4.78 is 8.60. The van der Waals surface area contributed by atoms with Crippen LogP contribution < -0.4 is 0 Å². The number of unbranched alkanes of at least 4 members (excludes halogenated alkanes) is 12. The zero-order valence-electron chi connectivity index (χ0n) is 18.0. The summed E-state index contributed by atoms with van der Waals surface area (Å²) in [5.74, 6) is -0.416. The first-order chi connectivity index (χ1) is 13.8. The molecule has 0 unspecified atom stereocenters. The molecule has 0 aromatic carbocycles. The smallest absolute Gasteiger partial charge is 0.305 e. The van der Waals surface area contributed by atoms with Crippen LogP contribution in [0.2, 0.25) is 0 Å². The minimum atomic E-state index is -1.55. The van der Waals surface area contributed by atoms with Gasteiger partial charge in [0.05, 0.1) is 6.61 Å². The molecule has 29 heavy (non-hydrogen) atoms. The van der Waals surface area contributed by atoms with E-state index in [0.717, 1.165) is 51.4 Å². The van der Waals surface area contributed by atoms with Gasteiger partial charge < -0.3 is 9.47 Å². The lowest BCUT2D eigenvalue weighted by Gasteiger charge is -2.11. The van der Waals surface area contributed by atoms with Crippen molar-refractivity contribution in [2.75, 3.05) is 13.2 Å². The second-order valence-corrected chi connectivity index (χ2v) is 10.1.